The normalized spacial score (nSPS) is 20.3. The van der Waals surface area contributed by atoms with Gasteiger partial charge in [-0.2, -0.15) is 0 Å². The molecule has 0 saturated carbocycles. The standard InChI is InChI=1S/C23H30N4O3S/c1-15-19(31-14-25-15)16-7-9-17(10-8-16)23(12-24-13-23)26-20(28)18-6-5-11-27(18)21(29)30-22(2,3)4/h7-10,14,18,24H,5-6,11-13H2,1-4H3,(H,26,28). The van der Waals surface area contributed by atoms with E-state index in [0.29, 0.717) is 26.1 Å². The Bertz CT molecular complexity index is 960. The fraction of sp³-hybridized carbons (Fsp3) is 0.522. The Balaban J connectivity index is 1.48. The molecule has 2 aliphatic rings. The monoisotopic (exact) mass is 442 g/mol. The minimum Gasteiger partial charge on any atom is -0.444 e. The number of rotatable bonds is 4. The summed E-state index contributed by atoms with van der Waals surface area (Å²) < 4.78 is 5.51. The molecule has 2 fully saturated rings. The maximum atomic E-state index is 13.2. The second-order valence-electron chi connectivity index (χ2n) is 9.35. The molecule has 2 amide bonds. The van der Waals surface area contributed by atoms with Crippen LogP contribution in [0.5, 0.6) is 0 Å². The zero-order chi connectivity index (χ0) is 22.2. The molecule has 0 radical (unpaired) electrons. The molecule has 0 spiro atoms. The van der Waals surface area contributed by atoms with Gasteiger partial charge in [0.2, 0.25) is 5.91 Å². The van der Waals surface area contributed by atoms with Gasteiger partial charge in [-0.1, -0.05) is 24.3 Å². The zero-order valence-electron chi connectivity index (χ0n) is 18.5. The number of benzene rings is 1. The number of ether oxygens (including phenoxy) is 1. The largest absolute Gasteiger partial charge is 0.444 e. The van der Waals surface area contributed by atoms with E-state index in [0.717, 1.165) is 28.1 Å². The van der Waals surface area contributed by atoms with Crippen molar-refractivity contribution in [1.82, 2.24) is 20.5 Å². The molecule has 1 aromatic heterocycles. The molecule has 2 aromatic rings. The van der Waals surface area contributed by atoms with Crippen molar-refractivity contribution in [1.29, 1.82) is 0 Å². The third kappa shape index (κ3) is 4.45. The van der Waals surface area contributed by atoms with E-state index in [-0.39, 0.29) is 5.91 Å². The second kappa shape index (κ2) is 8.24. The van der Waals surface area contributed by atoms with Crippen LogP contribution in [0.3, 0.4) is 0 Å². The lowest BCUT2D eigenvalue weighted by Crippen LogP contribution is -2.68. The van der Waals surface area contributed by atoms with Crippen molar-refractivity contribution in [3.8, 4) is 10.4 Å². The molecular formula is C23H30N4O3S. The van der Waals surface area contributed by atoms with Gasteiger partial charge in [-0.05, 0) is 51.7 Å². The van der Waals surface area contributed by atoms with E-state index in [1.807, 2.05) is 33.2 Å². The molecule has 31 heavy (non-hydrogen) atoms. The first-order valence-electron chi connectivity index (χ1n) is 10.7. The third-order valence-electron chi connectivity index (χ3n) is 5.84. The number of carbonyl (C=O) groups excluding carboxylic acids is 2. The van der Waals surface area contributed by atoms with Crippen LogP contribution in [0, 0.1) is 6.92 Å². The molecule has 2 N–H and O–H groups in total. The fourth-order valence-electron chi connectivity index (χ4n) is 4.16. The molecule has 1 aromatic carbocycles. The summed E-state index contributed by atoms with van der Waals surface area (Å²) in [6.07, 6.45) is 1.03. The smallest absolute Gasteiger partial charge is 0.410 e. The Morgan fingerprint density at radius 2 is 1.97 bits per heavy atom. The third-order valence-corrected chi connectivity index (χ3v) is 6.82. The predicted octanol–water partition coefficient (Wildman–Crippen LogP) is 3.43. The van der Waals surface area contributed by atoms with Gasteiger partial charge in [0.1, 0.15) is 11.6 Å². The topological polar surface area (TPSA) is 83.6 Å². The number of likely N-dealkylation sites (tertiary alicyclic amines) is 1. The van der Waals surface area contributed by atoms with E-state index >= 15 is 0 Å². The highest BCUT2D eigenvalue weighted by Crippen LogP contribution is 2.32. The Labute approximate surface area is 187 Å². The number of hydrogen-bond acceptors (Lipinski definition) is 6. The zero-order valence-corrected chi connectivity index (χ0v) is 19.3. The van der Waals surface area contributed by atoms with Crippen LogP contribution in [0.2, 0.25) is 0 Å². The average Bonchev–Trinajstić information content (AvgIpc) is 3.32. The molecule has 2 saturated heterocycles. The number of hydrogen-bond donors (Lipinski definition) is 2. The summed E-state index contributed by atoms with van der Waals surface area (Å²) in [5.41, 5.74) is 4.03. The molecule has 8 heteroatoms. The lowest BCUT2D eigenvalue weighted by Gasteiger charge is -2.44. The average molecular weight is 443 g/mol. The summed E-state index contributed by atoms with van der Waals surface area (Å²) in [4.78, 5) is 32.8. The van der Waals surface area contributed by atoms with Gasteiger partial charge in [0.25, 0.3) is 0 Å². The van der Waals surface area contributed by atoms with Gasteiger partial charge in [-0.15, -0.1) is 11.3 Å². The van der Waals surface area contributed by atoms with E-state index in [1.54, 1.807) is 16.2 Å². The van der Waals surface area contributed by atoms with Gasteiger partial charge >= 0.3 is 6.09 Å². The molecule has 0 bridgehead atoms. The molecule has 7 nitrogen and oxygen atoms in total. The summed E-state index contributed by atoms with van der Waals surface area (Å²) in [5, 5.41) is 6.53. The highest BCUT2D eigenvalue weighted by Gasteiger charge is 2.44. The molecule has 1 atom stereocenters. The summed E-state index contributed by atoms with van der Waals surface area (Å²) in [6, 6.07) is 7.84. The number of nitrogens with one attached hydrogen (secondary N) is 2. The molecule has 3 heterocycles. The Hall–Kier alpha value is -2.45. The Kier molecular flexibility index (Phi) is 5.79. The van der Waals surface area contributed by atoms with Gasteiger partial charge in [-0.25, -0.2) is 9.78 Å². The van der Waals surface area contributed by atoms with Crippen LogP contribution in [0.1, 0.15) is 44.9 Å². The van der Waals surface area contributed by atoms with Crippen LogP contribution in [0.4, 0.5) is 4.79 Å². The van der Waals surface area contributed by atoms with E-state index in [2.05, 4.69) is 39.9 Å². The van der Waals surface area contributed by atoms with Gasteiger partial charge < -0.3 is 15.4 Å². The Morgan fingerprint density at radius 3 is 2.52 bits per heavy atom. The van der Waals surface area contributed by atoms with Crippen molar-refractivity contribution >= 4 is 23.3 Å². The maximum Gasteiger partial charge on any atom is 0.410 e. The summed E-state index contributed by atoms with van der Waals surface area (Å²) >= 11 is 1.63. The highest BCUT2D eigenvalue weighted by atomic mass is 32.1. The van der Waals surface area contributed by atoms with Gasteiger partial charge in [-0.3, -0.25) is 9.69 Å². The molecular weight excluding hydrogens is 412 g/mol. The first kappa shape index (κ1) is 21.8. The van der Waals surface area contributed by atoms with Crippen molar-refractivity contribution in [2.45, 2.75) is 57.7 Å². The van der Waals surface area contributed by atoms with Crippen LogP contribution in [0.25, 0.3) is 10.4 Å². The first-order valence-corrected chi connectivity index (χ1v) is 11.6. The lowest BCUT2D eigenvalue weighted by atomic mass is 9.83. The van der Waals surface area contributed by atoms with Crippen LogP contribution in [0.15, 0.2) is 29.8 Å². The van der Waals surface area contributed by atoms with Crippen molar-refractivity contribution in [2.75, 3.05) is 19.6 Å². The van der Waals surface area contributed by atoms with Gasteiger partial charge in [0, 0.05) is 19.6 Å². The number of thiazole rings is 1. The van der Waals surface area contributed by atoms with Gasteiger partial charge in [0.05, 0.1) is 21.6 Å². The summed E-state index contributed by atoms with van der Waals surface area (Å²) in [7, 11) is 0. The first-order chi connectivity index (χ1) is 14.7. The van der Waals surface area contributed by atoms with E-state index in [9.17, 15) is 9.59 Å². The van der Waals surface area contributed by atoms with Crippen LogP contribution >= 0.6 is 11.3 Å². The minimum atomic E-state index is -0.585. The van der Waals surface area contributed by atoms with Crippen LogP contribution in [-0.4, -0.2) is 53.2 Å². The lowest BCUT2D eigenvalue weighted by molar-refractivity contribution is -0.128. The summed E-state index contributed by atoms with van der Waals surface area (Å²) in [5.74, 6) is -0.118. The molecule has 0 aliphatic carbocycles. The quantitative estimate of drug-likeness (QED) is 0.758. The fourth-order valence-corrected chi connectivity index (χ4v) is 4.97. The summed E-state index contributed by atoms with van der Waals surface area (Å²) in [6.45, 7) is 9.39. The number of amides is 2. The second-order valence-corrected chi connectivity index (χ2v) is 10.2. The molecule has 166 valence electrons. The van der Waals surface area contributed by atoms with Gasteiger partial charge in [0.15, 0.2) is 0 Å². The van der Waals surface area contributed by atoms with E-state index in [4.69, 9.17) is 4.74 Å². The minimum absolute atomic E-state index is 0.118. The van der Waals surface area contributed by atoms with E-state index in [1.165, 1.54) is 0 Å². The highest BCUT2D eigenvalue weighted by molar-refractivity contribution is 7.13. The Morgan fingerprint density at radius 1 is 1.26 bits per heavy atom. The van der Waals surface area contributed by atoms with Crippen molar-refractivity contribution in [3.05, 3.63) is 41.0 Å². The molecule has 1 unspecified atom stereocenters. The van der Waals surface area contributed by atoms with E-state index < -0.39 is 23.3 Å². The van der Waals surface area contributed by atoms with Crippen molar-refractivity contribution in [2.24, 2.45) is 0 Å². The SMILES string of the molecule is Cc1ncsc1-c1ccc(C2(NC(=O)C3CCCN3C(=O)OC(C)(C)C)CNC2)cc1. The molecule has 2 aliphatic heterocycles. The van der Waals surface area contributed by atoms with Crippen LogP contribution in [-0.2, 0) is 15.1 Å². The number of aryl methyl sites for hydroxylation is 1. The number of nitrogens with zero attached hydrogens (tertiary/aromatic N) is 2. The van der Waals surface area contributed by atoms with Crippen molar-refractivity contribution in [3.63, 3.8) is 0 Å². The number of carbonyl (C=O) groups is 2. The van der Waals surface area contributed by atoms with Crippen LogP contribution < -0.4 is 10.6 Å². The number of aromatic nitrogens is 1. The predicted molar refractivity (Wildman–Crippen MR) is 121 cm³/mol. The van der Waals surface area contributed by atoms with Crippen molar-refractivity contribution < 1.29 is 14.3 Å². The molecule has 4 rings (SSSR count). The maximum absolute atomic E-state index is 13.2.